The fourth-order valence-corrected chi connectivity index (χ4v) is 2.71. The second kappa shape index (κ2) is 6.29. The van der Waals surface area contributed by atoms with E-state index < -0.39 is 0 Å². The first-order chi connectivity index (χ1) is 8.74. The van der Waals surface area contributed by atoms with Crippen molar-refractivity contribution in [1.82, 2.24) is 5.32 Å². The van der Waals surface area contributed by atoms with E-state index in [0.29, 0.717) is 5.56 Å². The van der Waals surface area contributed by atoms with Crippen molar-refractivity contribution in [2.24, 2.45) is 0 Å². The molecule has 0 aliphatic heterocycles. The van der Waals surface area contributed by atoms with Gasteiger partial charge in [-0.3, -0.25) is 0 Å². The molecule has 0 radical (unpaired) electrons. The normalized spacial score (nSPS) is 12.4. The SMILES string of the molecule is CCNC(c1ccccc1F)c1ccccc1I. The third kappa shape index (κ3) is 2.90. The molecule has 2 aromatic rings. The average Bonchev–Trinajstić information content (AvgIpc) is 2.38. The highest BCUT2D eigenvalue weighted by Gasteiger charge is 2.18. The zero-order valence-electron chi connectivity index (χ0n) is 10.2. The van der Waals surface area contributed by atoms with Crippen LogP contribution >= 0.6 is 22.6 Å². The average molecular weight is 355 g/mol. The molecule has 0 fully saturated rings. The highest BCUT2D eigenvalue weighted by molar-refractivity contribution is 14.1. The van der Waals surface area contributed by atoms with Crippen LogP contribution in [0.3, 0.4) is 0 Å². The van der Waals surface area contributed by atoms with Gasteiger partial charge in [-0.25, -0.2) is 4.39 Å². The van der Waals surface area contributed by atoms with Gasteiger partial charge in [0.1, 0.15) is 5.82 Å². The number of nitrogens with one attached hydrogen (secondary N) is 1. The Morgan fingerprint density at radius 3 is 2.28 bits per heavy atom. The number of hydrogen-bond acceptors (Lipinski definition) is 1. The van der Waals surface area contributed by atoms with Crippen molar-refractivity contribution < 1.29 is 4.39 Å². The molecule has 2 aromatic carbocycles. The summed E-state index contributed by atoms with van der Waals surface area (Å²) >= 11 is 2.29. The minimum atomic E-state index is -0.164. The van der Waals surface area contributed by atoms with E-state index in [1.54, 1.807) is 6.07 Å². The Morgan fingerprint density at radius 2 is 1.67 bits per heavy atom. The van der Waals surface area contributed by atoms with Gasteiger partial charge in [0.2, 0.25) is 0 Å². The van der Waals surface area contributed by atoms with Crippen molar-refractivity contribution in [1.29, 1.82) is 0 Å². The Hall–Kier alpha value is -0.940. The van der Waals surface area contributed by atoms with Crippen LogP contribution in [0.2, 0.25) is 0 Å². The van der Waals surface area contributed by atoms with Crippen molar-refractivity contribution in [3.05, 3.63) is 69.0 Å². The van der Waals surface area contributed by atoms with E-state index in [9.17, 15) is 4.39 Å². The largest absolute Gasteiger partial charge is 0.306 e. The van der Waals surface area contributed by atoms with Crippen molar-refractivity contribution in [3.8, 4) is 0 Å². The van der Waals surface area contributed by atoms with E-state index in [-0.39, 0.29) is 11.9 Å². The van der Waals surface area contributed by atoms with Crippen molar-refractivity contribution in [2.75, 3.05) is 6.54 Å². The maximum Gasteiger partial charge on any atom is 0.128 e. The lowest BCUT2D eigenvalue weighted by Gasteiger charge is -2.20. The molecule has 1 atom stereocenters. The van der Waals surface area contributed by atoms with Crippen LogP contribution in [0.25, 0.3) is 0 Å². The molecule has 1 N–H and O–H groups in total. The summed E-state index contributed by atoms with van der Waals surface area (Å²) in [6, 6.07) is 14.9. The Kier molecular flexibility index (Phi) is 4.72. The Labute approximate surface area is 121 Å². The summed E-state index contributed by atoms with van der Waals surface area (Å²) in [5, 5.41) is 3.35. The molecule has 0 saturated carbocycles. The lowest BCUT2D eigenvalue weighted by molar-refractivity contribution is 0.558. The van der Waals surface area contributed by atoms with Gasteiger partial charge in [0.25, 0.3) is 0 Å². The summed E-state index contributed by atoms with van der Waals surface area (Å²) in [7, 11) is 0. The fraction of sp³-hybridized carbons (Fsp3) is 0.200. The predicted molar refractivity (Wildman–Crippen MR) is 81.1 cm³/mol. The number of rotatable bonds is 4. The molecule has 0 aliphatic rings. The molecule has 94 valence electrons. The molecule has 1 unspecified atom stereocenters. The molecule has 1 nitrogen and oxygen atoms in total. The number of benzene rings is 2. The van der Waals surface area contributed by atoms with Gasteiger partial charge in [-0.2, -0.15) is 0 Å². The van der Waals surface area contributed by atoms with Crippen LogP contribution in [0.5, 0.6) is 0 Å². The molecular weight excluding hydrogens is 340 g/mol. The lowest BCUT2D eigenvalue weighted by Crippen LogP contribution is -2.23. The molecule has 18 heavy (non-hydrogen) atoms. The molecule has 3 heteroatoms. The van der Waals surface area contributed by atoms with E-state index in [2.05, 4.69) is 27.9 Å². The van der Waals surface area contributed by atoms with Crippen LogP contribution in [0.1, 0.15) is 24.1 Å². The van der Waals surface area contributed by atoms with E-state index in [1.807, 2.05) is 43.3 Å². The Bertz CT molecular complexity index is 482. The quantitative estimate of drug-likeness (QED) is 0.814. The summed E-state index contributed by atoms with van der Waals surface area (Å²) in [5.41, 5.74) is 1.81. The van der Waals surface area contributed by atoms with E-state index in [4.69, 9.17) is 0 Å². The summed E-state index contributed by atoms with van der Waals surface area (Å²) in [5.74, 6) is -0.164. The molecular formula is C15H15FIN. The molecule has 0 aliphatic carbocycles. The third-order valence-corrected chi connectivity index (χ3v) is 3.82. The van der Waals surface area contributed by atoms with Crippen LogP contribution in [-0.2, 0) is 0 Å². The maximum absolute atomic E-state index is 13.9. The van der Waals surface area contributed by atoms with Gasteiger partial charge in [-0.05, 0) is 46.8 Å². The van der Waals surface area contributed by atoms with Gasteiger partial charge in [0.05, 0.1) is 6.04 Å². The predicted octanol–water partition coefficient (Wildman–Crippen LogP) is 4.13. The Morgan fingerprint density at radius 1 is 1.06 bits per heavy atom. The van der Waals surface area contributed by atoms with Crippen LogP contribution in [0.4, 0.5) is 4.39 Å². The lowest BCUT2D eigenvalue weighted by atomic mass is 9.98. The first kappa shape index (κ1) is 13.5. The van der Waals surface area contributed by atoms with Crippen LogP contribution in [-0.4, -0.2) is 6.54 Å². The zero-order valence-corrected chi connectivity index (χ0v) is 12.3. The van der Waals surface area contributed by atoms with E-state index >= 15 is 0 Å². The minimum Gasteiger partial charge on any atom is -0.306 e. The van der Waals surface area contributed by atoms with Gasteiger partial charge >= 0.3 is 0 Å². The van der Waals surface area contributed by atoms with Crippen molar-refractivity contribution >= 4 is 22.6 Å². The molecule has 0 bridgehead atoms. The second-order valence-corrected chi connectivity index (χ2v) is 5.20. The molecule has 0 saturated heterocycles. The number of halogens is 2. The Balaban J connectivity index is 2.47. The summed E-state index contributed by atoms with van der Waals surface area (Å²) < 4.78 is 15.1. The van der Waals surface area contributed by atoms with E-state index in [1.165, 1.54) is 6.07 Å². The van der Waals surface area contributed by atoms with Gasteiger partial charge in [-0.1, -0.05) is 43.3 Å². The molecule has 0 spiro atoms. The summed E-state index contributed by atoms with van der Waals surface area (Å²) in [6.45, 7) is 2.83. The van der Waals surface area contributed by atoms with E-state index in [0.717, 1.165) is 15.7 Å². The first-order valence-corrected chi connectivity index (χ1v) is 7.04. The molecule has 0 aromatic heterocycles. The highest BCUT2D eigenvalue weighted by atomic mass is 127. The van der Waals surface area contributed by atoms with Crippen LogP contribution in [0.15, 0.2) is 48.5 Å². The third-order valence-electron chi connectivity index (χ3n) is 2.84. The fourth-order valence-electron chi connectivity index (χ4n) is 2.01. The second-order valence-electron chi connectivity index (χ2n) is 4.03. The van der Waals surface area contributed by atoms with Crippen molar-refractivity contribution in [3.63, 3.8) is 0 Å². The monoisotopic (exact) mass is 355 g/mol. The van der Waals surface area contributed by atoms with Gasteiger partial charge < -0.3 is 5.32 Å². The molecule has 0 heterocycles. The highest BCUT2D eigenvalue weighted by Crippen LogP contribution is 2.27. The standard InChI is InChI=1S/C15H15FIN/c1-2-18-15(11-7-3-5-9-13(11)16)12-8-4-6-10-14(12)17/h3-10,15,18H,2H2,1H3. The smallest absolute Gasteiger partial charge is 0.128 e. The topological polar surface area (TPSA) is 12.0 Å². The van der Waals surface area contributed by atoms with Gasteiger partial charge in [-0.15, -0.1) is 0 Å². The molecule has 2 rings (SSSR count). The zero-order chi connectivity index (χ0) is 13.0. The summed E-state index contributed by atoms with van der Waals surface area (Å²) in [4.78, 5) is 0. The van der Waals surface area contributed by atoms with Gasteiger partial charge in [0.15, 0.2) is 0 Å². The summed E-state index contributed by atoms with van der Waals surface area (Å²) in [6.07, 6.45) is 0. The number of hydrogen-bond donors (Lipinski definition) is 1. The first-order valence-electron chi connectivity index (χ1n) is 5.96. The van der Waals surface area contributed by atoms with Gasteiger partial charge in [0, 0.05) is 9.13 Å². The minimum absolute atomic E-state index is 0.0932. The molecule has 0 amide bonds. The maximum atomic E-state index is 13.9. The van der Waals surface area contributed by atoms with Crippen molar-refractivity contribution in [2.45, 2.75) is 13.0 Å². The van der Waals surface area contributed by atoms with Crippen LogP contribution in [0, 0.1) is 9.39 Å². The van der Waals surface area contributed by atoms with Crippen LogP contribution < -0.4 is 5.32 Å².